The molecule has 1 nitrogen and oxygen atoms in total. The Balaban J connectivity index is 2.21. The van der Waals surface area contributed by atoms with Gasteiger partial charge in [0.05, 0.1) is 5.60 Å². The van der Waals surface area contributed by atoms with E-state index in [0.29, 0.717) is 0 Å². The van der Waals surface area contributed by atoms with Gasteiger partial charge in [-0.2, -0.15) is 0 Å². The molecule has 1 fully saturated rings. The molecule has 0 spiro atoms. The van der Waals surface area contributed by atoms with Crippen LogP contribution in [0.5, 0.6) is 0 Å². The van der Waals surface area contributed by atoms with Gasteiger partial charge in [-0.15, -0.1) is 0 Å². The van der Waals surface area contributed by atoms with Gasteiger partial charge in [-0.1, -0.05) is 26.0 Å². The fraction of sp³-hybridized carbons (Fsp3) is 0.500. The molecule has 1 aliphatic carbocycles. The first kappa shape index (κ1) is 9.66. The second kappa shape index (κ2) is 2.80. The third-order valence-corrected chi connectivity index (χ3v) is 2.92. The zero-order valence-electron chi connectivity index (χ0n) is 8.55. The zero-order valence-corrected chi connectivity index (χ0v) is 8.55. The van der Waals surface area contributed by atoms with Crippen LogP contribution in [0.15, 0.2) is 24.3 Å². The number of hydrogen-bond acceptors (Lipinski definition) is 1. The van der Waals surface area contributed by atoms with Crippen molar-refractivity contribution in [3.05, 3.63) is 35.6 Å². The molecule has 1 saturated carbocycles. The molecule has 1 N–H and O–H groups in total. The number of hydrogen-bond donors (Lipinski definition) is 1. The fourth-order valence-corrected chi connectivity index (χ4v) is 2.50. The first-order chi connectivity index (χ1) is 6.41. The molecule has 0 bridgehead atoms. The first-order valence-electron chi connectivity index (χ1n) is 4.90. The molecule has 1 aromatic rings. The van der Waals surface area contributed by atoms with Crippen LogP contribution >= 0.6 is 0 Å². The van der Waals surface area contributed by atoms with Crippen molar-refractivity contribution < 1.29 is 9.50 Å². The van der Waals surface area contributed by atoms with Crippen molar-refractivity contribution in [1.82, 2.24) is 0 Å². The van der Waals surface area contributed by atoms with E-state index < -0.39 is 5.60 Å². The standard InChI is InChI=1S/C12H15FO/c1-11(2)7-12(14,8-11)9-3-5-10(13)6-4-9/h3-6,14H,7-8H2,1-2H3. The van der Waals surface area contributed by atoms with Gasteiger partial charge >= 0.3 is 0 Å². The number of aliphatic hydroxyl groups is 1. The smallest absolute Gasteiger partial charge is 0.123 e. The van der Waals surface area contributed by atoms with Gasteiger partial charge in [-0.05, 0) is 36.0 Å². The maximum atomic E-state index is 12.7. The van der Waals surface area contributed by atoms with Gasteiger partial charge in [0.25, 0.3) is 0 Å². The lowest BCUT2D eigenvalue weighted by Crippen LogP contribution is -2.46. The number of halogens is 1. The van der Waals surface area contributed by atoms with Gasteiger partial charge in [-0.25, -0.2) is 4.39 Å². The Hall–Kier alpha value is -0.890. The van der Waals surface area contributed by atoms with Gasteiger partial charge in [0.1, 0.15) is 5.82 Å². The summed E-state index contributed by atoms with van der Waals surface area (Å²) in [6.07, 6.45) is 1.51. The highest BCUT2D eigenvalue weighted by molar-refractivity contribution is 5.26. The van der Waals surface area contributed by atoms with E-state index in [1.54, 1.807) is 12.1 Å². The first-order valence-corrected chi connectivity index (χ1v) is 4.90. The third kappa shape index (κ3) is 1.55. The van der Waals surface area contributed by atoms with E-state index in [0.717, 1.165) is 18.4 Å². The molecule has 0 amide bonds. The van der Waals surface area contributed by atoms with Crippen LogP contribution in [0.25, 0.3) is 0 Å². The second-order valence-corrected chi connectivity index (χ2v) is 5.06. The molecular formula is C12H15FO. The summed E-state index contributed by atoms with van der Waals surface area (Å²) in [5.41, 5.74) is 0.318. The highest BCUT2D eigenvalue weighted by Crippen LogP contribution is 2.53. The summed E-state index contributed by atoms with van der Waals surface area (Å²) < 4.78 is 12.7. The SMILES string of the molecule is CC1(C)CC(O)(c2ccc(F)cc2)C1. The molecule has 76 valence electrons. The third-order valence-electron chi connectivity index (χ3n) is 2.92. The summed E-state index contributed by atoms with van der Waals surface area (Å²) in [6, 6.07) is 6.15. The average molecular weight is 194 g/mol. The maximum Gasteiger partial charge on any atom is 0.123 e. The number of benzene rings is 1. The molecule has 0 radical (unpaired) electrons. The molecule has 0 aliphatic heterocycles. The molecule has 0 aromatic heterocycles. The van der Waals surface area contributed by atoms with E-state index in [2.05, 4.69) is 13.8 Å². The lowest BCUT2D eigenvalue weighted by Gasteiger charge is -2.50. The van der Waals surface area contributed by atoms with Crippen LogP contribution in [0.3, 0.4) is 0 Å². The Morgan fingerprint density at radius 3 is 2.07 bits per heavy atom. The van der Waals surface area contributed by atoms with Crippen molar-refractivity contribution in [2.75, 3.05) is 0 Å². The van der Waals surface area contributed by atoms with Crippen LogP contribution in [0.2, 0.25) is 0 Å². The summed E-state index contributed by atoms with van der Waals surface area (Å²) >= 11 is 0. The lowest BCUT2D eigenvalue weighted by atomic mass is 9.59. The van der Waals surface area contributed by atoms with Crippen LogP contribution in [-0.4, -0.2) is 5.11 Å². The molecule has 2 rings (SSSR count). The van der Waals surface area contributed by atoms with Gasteiger partial charge < -0.3 is 5.11 Å². The van der Waals surface area contributed by atoms with E-state index in [1.807, 2.05) is 0 Å². The molecule has 0 heterocycles. The summed E-state index contributed by atoms with van der Waals surface area (Å²) in [7, 11) is 0. The Labute approximate surface area is 83.6 Å². The Kier molecular flexibility index (Phi) is 1.93. The highest BCUT2D eigenvalue weighted by Gasteiger charge is 2.48. The van der Waals surface area contributed by atoms with Gasteiger partial charge in [0.2, 0.25) is 0 Å². The second-order valence-electron chi connectivity index (χ2n) is 5.06. The van der Waals surface area contributed by atoms with Gasteiger partial charge in [-0.3, -0.25) is 0 Å². The fourth-order valence-electron chi connectivity index (χ4n) is 2.50. The molecule has 2 heteroatoms. The van der Waals surface area contributed by atoms with Crippen molar-refractivity contribution in [1.29, 1.82) is 0 Å². The Bertz CT molecular complexity index is 332. The highest BCUT2D eigenvalue weighted by atomic mass is 19.1. The molecular weight excluding hydrogens is 179 g/mol. The zero-order chi connectivity index (χ0) is 10.4. The molecule has 1 aromatic carbocycles. The summed E-state index contributed by atoms with van der Waals surface area (Å²) in [5.74, 6) is -0.254. The maximum absolute atomic E-state index is 12.7. The van der Waals surface area contributed by atoms with Crippen molar-refractivity contribution in [2.45, 2.75) is 32.3 Å². The van der Waals surface area contributed by atoms with Crippen molar-refractivity contribution in [3.63, 3.8) is 0 Å². The van der Waals surface area contributed by atoms with E-state index in [-0.39, 0.29) is 11.2 Å². The lowest BCUT2D eigenvalue weighted by molar-refractivity contribution is -0.119. The Morgan fingerprint density at radius 1 is 1.14 bits per heavy atom. The van der Waals surface area contributed by atoms with Crippen molar-refractivity contribution in [3.8, 4) is 0 Å². The minimum atomic E-state index is -0.725. The van der Waals surface area contributed by atoms with E-state index in [9.17, 15) is 9.50 Å². The van der Waals surface area contributed by atoms with E-state index >= 15 is 0 Å². The van der Waals surface area contributed by atoms with Crippen LogP contribution in [0.4, 0.5) is 4.39 Å². The number of rotatable bonds is 1. The van der Waals surface area contributed by atoms with Crippen LogP contribution in [-0.2, 0) is 5.60 Å². The summed E-state index contributed by atoms with van der Waals surface area (Å²) in [6.45, 7) is 4.26. The predicted octanol–water partition coefficient (Wildman–Crippen LogP) is 2.83. The average Bonchev–Trinajstić information content (AvgIpc) is 2.01. The normalized spacial score (nSPS) is 22.9. The quantitative estimate of drug-likeness (QED) is 0.728. The summed E-state index contributed by atoms with van der Waals surface area (Å²) in [5, 5.41) is 10.2. The predicted molar refractivity (Wildman–Crippen MR) is 53.3 cm³/mol. The van der Waals surface area contributed by atoms with Crippen LogP contribution < -0.4 is 0 Å². The van der Waals surface area contributed by atoms with Crippen molar-refractivity contribution >= 4 is 0 Å². The van der Waals surface area contributed by atoms with E-state index in [4.69, 9.17) is 0 Å². The van der Waals surface area contributed by atoms with Crippen LogP contribution in [0.1, 0.15) is 32.3 Å². The summed E-state index contributed by atoms with van der Waals surface area (Å²) in [4.78, 5) is 0. The molecule has 0 unspecified atom stereocenters. The monoisotopic (exact) mass is 194 g/mol. The van der Waals surface area contributed by atoms with Crippen LogP contribution in [0, 0.1) is 11.2 Å². The minimum absolute atomic E-state index is 0.211. The van der Waals surface area contributed by atoms with E-state index in [1.165, 1.54) is 12.1 Å². The van der Waals surface area contributed by atoms with Crippen molar-refractivity contribution in [2.24, 2.45) is 5.41 Å². The molecule has 0 atom stereocenters. The molecule has 0 saturated heterocycles. The Morgan fingerprint density at radius 2 is 1.64 bits per heavy atom. The molecule has 1 aliphatic rings. The topological polar surface area (TPSA) is 20.2 Å². The largest absolute Gasteiger partial charge is 0.385 e. The van der Waals surface area contributed by atoms with Gasteiger partial charge in [0, 0.05) is 0 Å². The minimum Gasteiger partial charge on any atom is -0.385 e. The van der Waals surface area contributed by atoms with Gasteiger partial charge in [0.15, 0.2) is 0 Å². The molecule has 14 heavy (non-hydrogen) atoms.